The Morgan fingerprint density at radius 1 is 1.38 bits per heavy atom. The van der Waals surface area contributed by atoms with Gasteiger partial charge in [-0.1, -0.05) is 12.1 Å². The van der Waals surface area contributed by atoms with E-state index in [9.17, 15) is 18.1 Å². The number of rotatable bonds is 4. The lowest BCUT2D eigenvalue weighted by Crippen LogP contribution is -2.05. The molecule has 0 aliphatic rings. The van der Waals surface area contributed by atoms with Crippen molar-refractivity contribution in [3.8, 4) is 23.1 Å². The molecule has 0 radical (unpaired) electrons. The molecule has 1 N–H and O–H groups in total. The second-order valence-electron chi connectivity index (χ2n) is 5.82. The summed E-state index contributed by atoms with van der Waals surface area (Å²) in [6, 6.07) is 6.69. The molecule has 0 aliphatic carbocycles. The first kappa shape index (κ1) is 17.8. The van der Waals surface area contributed by atoms with Crippen molar-refractivity contribution in [3.05, 3.63) is 35.7 Å². The second kappa shape index (κ2) is 6.38. The lowest BCUT2D eigenvalue weighted by molar-refractivity contribution is 0.0825. The molecule has 26 heavy (non-hydrogen) atoms. The topological polar surface area (TPSA) is 109 Å². The number of hydrogen-bond acceptors (Lipinski definition) is 6. The van der Waals surface area contributed by atoms with E-state index in [2.05, 4.69) is 15.2 Å². The predicted molar refractivity (Wildman–Crippen MR) is 93.1 cm³/mol. The zero-order valence-electron chi connectivity index (χ0n) is 14.2. The van der Waals surface area contributed by atoms with Crippen molar-refractivity contribution >= 4 is 20.7 Å². The Balaban J connectivity index is 2.32. The van der Waals surface area contributed by atoms with Gasteiger partial charge in [0.15, 0.2) is 9.84 Å². The van der Waals surface area contributed by atoms with E-state index < -0.39 is 16.2 Å². The summed E-state index contributed by atoms with van der Waals surface area (Å²) in [5.74, 6) is 0.00810. The maximum Gasteiger partial charge on any atom is 0.243 e. The van der Waals surface area contributed by atoms with Crippen LogP contribution in [0.15, 0.2) is 29.3 Å². The fraction of sp³-hybridized carbons (Fsp3) is 0.235. The fourth-order valence-corrected chi connectivity index (χ4v) is 3.77. The average Bonchev–Trinajstić information content (AvgIpc) is 2.95. The minimum atomic E-state index is -3.38. The van der Waals surface area contributed by atoms with E-state index in [4.69, 9.17) is 4.74 Å². The smallest absolute Gasteiger partial charge is 0.243 e. The molecule has 0 fully saturated rings. The zero-order valence-corrected chi connectivity index (χ0v) is 15.1. The Hall–Kier alpha value is -2.99. The molecule has 0 amide bonds. The number of hydrogen-bond donors (Lipinski definition) is 1. The molecule has 1 atom stereocenters. The van der Waals surface area contributed by atoms with E-state index in [0.717, 1.165) is 6.26 Å². The highest BCUT2D eigenvalue weighted by Gasteiger charge is 2.21. The normalized spacial score (nSPS) is 12.7. The van der Waals surface area contributed by atoms with E-state index in [1.807, 2.05) is 6.07 Å². The third-order valence-electron chi connectivity index (χ3n) is 3.81. The Morgan fingerprint density at radius 2 is 2.12 bits per heavy atom. The van der Waals surface area contributed by atoms with Crippen LogP contribution >= 0.6 is 0 Å². The molecule has 0 spiro atoms. The predicted octanol–water partition coefficient (Wildman–Crippen LogP) is 2.90. The van der Waals surface area contributed by atoms with Gasteiger partial charge in [-0.15, -0.1) is 5.10 Å². The lowest BCUT2D eigenvalue weighted by atomic mass is 9.99. The number of aromatic amines is 1. The van der Waals surface area contributed by atoms with E-state index in [-0.39, 0.29) is 16.5 Å². The van der Waals surface area contributed by atoms with E-state index in [0.29, 0.717) is 27.6 Å². The highest BCUT2D eigenvalue weighted by atomic mass is 32.2. The van der Waals surface area contributed by atoms with Gasteiger partial charge in [0.1, 0.15) is 11.8 Å². The van der Waals surface area contributed by atoms with E-state index in [1.165, 1.54) is 19.2 Å². The number of pyridine rings is 1. The molecule has 2 heterocycles. The summed E-state index contributed by atoms with van der Waals surface area (Å²) in [7, 11) is -3.38. The molecule has 1 aromatic carbocycles. The van der Waals surface area contributed by atoms with Gasteiger partial charge in [-0.25, -0.2) is 17.8 Å². The molecule has 2 aromatic heterocycles. The number of fused-ring (bicyclic) bond motifs is 1. The highest BCUT2D eigenvalue weighted by Crippen LogP contribution is 2.37. The van der Waals surface area contributed by atoms with Crippen molar-refractivity contribution in [1.82, 2.24) is 15.2 Å². The molecular formula is C17H15FN4O3S. The number of sulfone groups is 1. The van der Waals surface area contributed by atoms with Crippen LogP contribution in [0.5, 0.6) is 5.88 Å². The first-order chi connectivity index (χ1) is 12.2. The lowest BCUT2D eigenvalue weighted by Gasteiger charge is -2.11. The number of nitrogens with one attached hydrogen (secondary N) is 1. The van der Waals surface area contributed by atoms with Crippen molar-refractivity contribution in [2.45, 2.75) is 25.1 Å². The third-order valence-corrected chi connectivity index (χ3v) is 5.07. The number of nitriles is 1. The first-order valence-corrected chi connectivity index (χ1v) is 9.50. The molecule has 0 bridgehead atoms. The van der Waals surface area contributed by atoms with Crippen LogP contribution in [-0.2, 0) is 9.84 Å². The first-order valence-electron chi connectivity index (χ1n) is 7.61. The maximum absolute atomic E-state index is 13.3. The van der Waals surface area contributed by atoms with Crippen molar-refractivity contribution in [1.29, 1.82) is 5.26 Å². The Kier molecular flexibility index (Phi) is 4.38. The number of halogens is 1. The highest BCUT2D eigenvalue weighted by molar-refractivity contribution is 7.90. The van der Waals surface area contributed by atoms with Crippen LogP contribution in [0.3, 0.4) is 0 Å². The van der Waals surface area contributed by atoms with Crippen LogP contribution in [0, 0.1) is 18.3 Å². The average molecular weight is 374 g/mol. The molecule has 0 aliphatic heterocycles. The largest absolute Gasteiger partial charge is 0.442 e. The Morgan fingerprint density at radius 3 is 2.69 bits per heavy atom. The van der Waals surface area contributed by atoms with Crippen LogP contribution in [-0.4, -0.2) is 36.2 Å². The van der Waals surface area contributed by atoms with Crippen molar-refractivity contribution < 1.29 is 17.5 Å². The minimum Gasteiger partial charge on any atom is -0.442 e. The number of ether oxygens (including phenoxy) is 1. The van der Waals surface area contributed by atoms with Crippen molar-refractivity contribution in [2.75, 3.05) is 6.26 Å². The maximum atomic E-state index is 13.3. The molecule has 3 aromatic rings. The van der Waals surface area contributed by atoms with Crippen molar-refractivity contribution in [3.63, 3.8) is 0 Å². The number of aryl methyl sites for hydroxylation is 1. The van der Waals surface area contributed by atoms with Gasteiger partial charge in [0.25, 0.3) is 0 Å². The van der Waals surface area contributed by atoms with E-state index >= 15 is 0 Å². The van der Waals surface area contributed by atoms with Gasteiger partial charge in [0.05, 0.1) is 22.0 Å². The fourth-order valence-electron chi connectivity index (χ4n) is 2.81. The van der Waals surface area contributed by atoms with Crippen LogP contribution in [0.1, 0.15) is 18.2 Å². The second-order valence-corrected chi connectivity index (χ2v) is 7.81. The monoisotopic (exact) mass is 374 g/mol. The van der Waals surface area contributed by atoms with Crippen LogP contribution < -0.4 is 4.74 Å². The summed E-state index contributed by atoms with van der Waals surface area (Å²) in [4.78, 5) is 4.29. The van der Waals surface area contributed by atoms with Gasteiger partial charge in [-0.2, -0.15) is 5.26 Å². The number of aromatic nitrogens is 3. The molecule has 7 nitrogen and oxygen atoms in total. The Labute approximate surface area is 149 Å². The summed E-state index contributed by atoms with van der Waals surface area (Å²) < 4.78 is 42.1. The third kappa shape index (κ3) is 3.11. The van der Waals surface area contributed by atoms with Gasteiger partial charge < -0.3 is 4.74 Å². The van der Waals surface area contributed by atoms with Gasteiger partial charge >= 0.3 is 0 Å². The van der Waals surface area contributed by atoms with Crippen LogP contribution in [0.2, 0.25) is 0 Å². The minimum absolute atomic E-state index is 0.00810. The van der Waals surface area contributed by atoms with Crippen LogP contribution in [0.4, 0.5) is 4.39 Å². The summed E-state index contributed by atoms with van der Waals surface area (Å²) in [6.07, 6.45) is 0.947. The molecule has 3 rings (SSSR count). The van der Waals surface area contributed by atoms with Gasteiger partial charge in [0, 0.05) is 18.7 Å². The van der Waals surface area contributed by atoms with Gasteiger partial charge in [-0.05, 0) is 24.1 Å². The van der Waals surface area contributed by atoms with Crippen LogP contribution in [0.25, 0.3) is 22.0 Å². The summed E-state index contributed by atoms with van der Waals surface area (Å²) in [5, 5.41) is 16.5. The number of alkyl halides is 1. The molecule has 9 heteroatoms. The zero-order chi connectivity index (χ0) is 19.1. The number of H-pyrrole nitrogens is 1. The number of nitrogens with zero attached hydrogens (tertiary/aromatic N) is 3. The molecular weight excluding hydrogens is 359 g/mol. The van der Waals surface area contributed by atoms with Crippen molar-refractivity contribution in [2.24, 2.45) is 0 Å². The molecule has 1 unspecified atom stereocenters. The van der Waals surface area contributed by atoms with Gasteiger partial charge in [0.2, 0.25) is 12.2 Å². The molecule has 0 saturated heterocycles. The van der Waals surface area contributed by atoms with E-state index in [1.54, 1.807) is 19.1 Å². The summed E-state index contributed by atoms with van der Waals surface area (Å²) >= 11 is 0. The summed E-state index contributed by atoms with van der Waals surface area (Å²) in [6.45, 7) is 2.88. The number of benzene rings is 1. The molecule has 0 saturated carbocycles. The molecule has 134 valence electrons. The Bertz CT molecular complexity index is 1150. The van der Waals surface area contributed by atoms with Gasteiger partial charge in [-0.3, -0.25) is 5.10 Å². The summed E-state index contributed by atoms with van der Waals surface area (Å²) in [5.41, 5.74) is 2.05. The quantitative estimate of drug-likeness (QED) is 0.752. The standard InChI is InChI=1S/C17H15FN4O3S/c1-9-6-11(4-5-14(9)26(3,23)24)15-12(7-19)20-8-13-16(15)17(22-21-13)25-10(2)18/h4-6,8,10H,1-3H3,(H,21,22). The SMILES string of the molecule is Cc1cc(-c2c(C#N)ncc3[nH]nc(OC(C)F)c23)ccc1S(C)(=O)=O.